The maximum absolute atomic E-state index is 10.6. The molecule has 5 nitrogen and oxygen atoms in total. The van der Waals surface area contributed by atoms with Crippen LogP contribution in [0.15, 0.2) is 16.6 Å². The van der Waals surface area contributed by atoms with Crippen molar-refractivity contribution in [2.24, 2.45) is 0 Å². The Morgan fingerprint density at radius 2 is 2.21 bits per heavy atom. The third-order valence-corrected chi connectivity index (χ3v) is 3.18. The van der Waals surface area contributed by atoms with Crippen molar-refractivity contribution in [1.29, 1.82) is 0 Å². The number of carbonyl (C=O) groups is 1. The summed E-state index contributed by atoms with van der Waals surface area (Å²) in [4.78, 5) is 10.6. The molecule has 0 fully saturated rings. The van der Waals surface area contributed by atoms with Gasteiger partial charge in [0.2, 0.25) is 0 Å². The summed E-state index contributed by atoms with van der Waals surface area (Å²) in [7, 11) is 1.54. The molecule has 0 unspecified atom stereocenters. The molecule has 0 spiro atoms. The minimum atomic E-state index is -1.12. The summed E-state index contributed by atoms with van der Waals surface area (Å²) in [6.07, 6.45) is 0.755. The monoisotopic (exact) mass is 331 g/mol. The quantitative estimate of drug-likeness (QED) is 0.795. The topological polar surface area (TPSA) is 86.2 Å². The molecule has 0 aliphatic heterocycles. The molecule has 3 N–H and O–H groups in total. The van der Waals surface area contributed by atoms with E-state index < -0.39 is 12.0 Å². The zero-order valence-corrected chi connectivity index (χ0v) is 12.7. The number of hydrogen-bond donors (Lipinski definition) is 1. The van der Waals surface area contributed by atoms with Gasteiger partial charge in [-0.15, -0.1) is 0 Å². The Balaban J connectivity index is 3.04. The van der Waals surface area contributed by atoms with Crippen molar-refractivity contribution in [1.82, 2.24) is 0 Å². The molecule has 0 amide bonds. The zero-order chi connectivity index (χ0) is 14.4. The summed E-state index contributed by atoms with van der Waals surface area (Å²) < 4.78 is 11.6. The minimum Gasteiger partial charge on any atom is -0.550 e. The van der Waals surface area contributed by atoms with E-state index in [0.29, 0.717) is 18.1 Å². The van der Waals surface area contributed by atoms with Gasteiger partial charge in [0.05, 0.1) is 18.2 Å². The molecule has 0 aliphatic rings. The SMILES string of the molecule is CCCOc1c(Br)cc([C@@H]([NH3+])CC(=O)[O-])cc1OC. The number of rotatable bonds is 7. The van der Waals surface area contributed by atoms with E-state index in [0.717, 1.165) is 16.5 Å². The van der Waals surface area contributed by atoms with Crippen molar-refractivity contribution in [2.75, 3.05) is 13.7 Å². The Bertz CT molecular complexity index is 451. The van der Waals surface area contributed by atoms with Gasteiger partial charge in [0.25, 0.3) is 0 Å². The highest BCUT2D eigenvalue weighted by molar-refractivity contribution is 9.10. The number of carboxylic acid groups (broad SMARTS) is 1. The lowest BCUT2D eigenvalue weighted by atomic mass is 10.0. The first-order valence-corrected chi connectivity index (χ1v) is 6.82. The predicted octanol–water partition coefficient (Wildman–Crippen LogP) is 0.669. The average molecular weight is 332 g/mol. The van der Waals surface area contributed by atoms with Gasteiger partial charge >= 0.3 is 0 Å². The molecule has 19 heavy (non-hydrogen) atoms. The van der Waals surface area contributed by atoms with Gasteiger partial charge < -0.3 is 25.1 Å². The van der Waals surface area contributed by atoms with Crippen molar-refractivity contribution in [3.05, 3.63) is 22.2 Å². The summed E-state index contributed by atoms with van der Waals surface area (Å²) >= 11 is 3.41. The van der Waals surface area contributed by atoms with Crippen LogP contribution in [0.5, 0.6) is 11.5 Å². The number of ether oxygens (including phenoxy) is 2. The van der Waals surface area contributed by atoms with Gasteiger partial charge in [-0.05, 0) is 34.5 Å². The zero-order valence-electron chi connectivity index (χ0n) is 11.1. The number of aliphatic carboxylic acids is 1. The molecule has 0 bridgehead atoms. The molecule has 0 aromatic heterocycles. The van der Waals surface area contributed by atoms with Crippen molar-refractivity contribution in [3.8, 4) is 11.5 Å². The number of benzene rings is 1. The molecule has 0 radical (unpaired) electrons. The highest BCUT2D eigenvalue weighted by Gasteiger charge is 2.17. The van der Waals surface area contributed by atoms with Crippen LogP contribution in [0, 0.1) is 0 Å². The van der Waals surface area contributed by atoms with E-state index in [1.165, 1.54) is 0 Å². The maximum Gasteiger partial charge on any atom is 0.175 e. The smallest absolute Gasteiger partial charge is 0.175 e. The summed E-state index contributed by atoms with van der Waals surface area (Å²) in [5, 5.41) is 10.6. The van der Waals surface area contributed by atoms with Gasteiger partial charge in [-0.2, -0.15) is 0 Å². The highest BCUT2D eigenvalue weighted by Crippen LogP contribution is 2.38. The Hall–Kier alpha value is -1.27. The second-order valence-corrected chi connectivity index (χ2v) is 5.01. The molecule has 1 atom stereocenters. The second-order valence-electron chi connectivity index (χ2n) is 4.16. The average Bonchev–Trinajstić information content (AvgIpc) is 2.35. The Labute approximate surface area is 120 Å². The van der Waals surface area contributed by atoms with E-state index in [1.807, 2.05) is 6.92 Å². The van der Waals surface area contributed by atoms with Gasteiger partial charge in [-0.3, -0.25) is 0 Å². The minimum absolute atomic E-state index is 0.134. The van der Waals surface area contributed by atoms with E-state index in [9.17, 15) is 9.90 Å². The first kappa shape index (κ1) is 15.8. The van der Waals surface area contributed by atoms with Crippen LogP contribution in [0.2, 0.25) is 0 Å². The molecule has 1 aromatic rings. The van der Waals surface area contributed by atoms with Gasteiger partial charge in [-0.1, -0.05) is 6.92 Å². The number of carbonyl (C=O) groups excluding carboxylic acids is 1. The van der Waals surface area contributed by atoms with Gasteiger partial charge in [-0.25, -0.2) is 0 Å². The summed E-state index contributed by atoms with van der Waals surface area (Å²) in [6, 6.07) is 3.15. The van der Waals surface area contributed by atoms with Crippen LogP contribution >= 0.6 is 15.9 Å². The maximum atomic E-state index is 10.6. The van der Waals surface area contributed by atoms with Crippen LogP contribution in [0.4, 0.5) is 0 Å². The fraction of sp³-hybridized carbons (Fsp3) is 0.462. The van der Waals surface area contributed by atoms with Gasteiger partial charge in [0, 0.05) is 18.0 Å². The molecule has 0 saturated heterocycles. The van der Waals surface area contributed by atoms with Crippen LogP contribution in [-0.4, -0.2) is 19.7 Å². The third-order valence-electron chi connectivity index (χ3n) is 2.59. The number of halogens is 1. The van der Waals surface area contributed by atoms with E-state index in [1.54, 1.807) is 19.2 Å². The van der Waals surface area contributed by atoms with Crippen LogP contribution < -0.4 is 20.3 Å². The Morgan fingerprint density at radius 3 is 2.74 bits per heavy atom. The molecule has 0 saturated carbocycles. The fourth-order valence-electron chi connectivity index (χ4n) is 1.64. The first-order valence-electron chi connectivity index (χ1n) is 6.02. The molecule has 1 aromatic carbocycles. The number of carboxylic acids is 1. The molecular formula is C13H18BrNO4. The Kier molecular flexibility index (Phi) is 6.11. The third kappa shape index (κ3) is 4.40. The molecule has 0 aliphatic carbocycles. The normalized spacial score (nSPS) is 12.0. The lowest BCUT2D eigenvalue weighted by molar-refractivity contribution is -0.430. The highest BCUT2D eigenvalue weighted by atomic mass is 79.9. The van der Waals surface area contributed by atoms with Crippen LogP contribution in [-0.2, 0) is 4.79 Å². The van der Waals surface area contributed by atoms with E-state index in [2.05, 4.69) is 21.7 Å². The van der Waals surface area contributed by atoms with Crippen LogP contribution in [0.25, 0.3) is 0 Å². The fourth-order valence-corrected chi connectivity index (χ4v) is 2.21. The lowest BCUT2D eigenvalue weighted by Crippen LogP contribution is -2.55. The van der Waals surface area contributed by atoms with Crippen molar-refractivity contribution >= 4 is 21.9 Å². The summed E-state index contributed by atoms with van der Waals surface area (Å²) in [5.41, 5.74) is 4.58. The molecular weight excluding hydrogens is 314 g/mol. The van der Waals surface area contributed by atoms with E-state index in [-0.39, 0.29) is 6.42 Å². The van der Waals surface area contributed by atoms with Crippen LogP contribution in [0.3, 0.4) is 0 Å². The molecule has 1 rings (SSSR count). The summed E-state index contributed by atoms with van der Waals surface area (Å²) in [6.45, 7) is 2.60. The van der Waals surface area contributed by atoms with Crippen molar-refractivity contribution in [2.45, 2.75) is 25.8 Å². The van der Waals surface area contributed by atoms with Gasteiger partial charge in [0.15, 0.2) is 11.5 Å². The predicted molar refractivity (Wildman–Crippen MR) is 71.7 cm³/mol. The first-order chi connectivity index (χ1) is 8.99. The van der Waals surface area contributed by atoms with Gasteiger partial charge in [0.1, 0.15) is 6.04 Å². The van der Waals surface area contributed by atoms with Crippen LogP contribution in [0.1, 0.15) is 31.4 Å². The molecule has 0 heterocycles. The van der Waals surface area contributed by atoms with E-state index in [4.69, 9.17) is 9.47 Å². The molecule has 106 valence electrons. The Morgan fingerprint density at radius 1 is 1.53 bits per heavy atom. The number of quaternary nitrogens is 1. The lowest BCUT2D eigenvalue weighted by Gasteiger charge is -2.16. The van der Waals surface area contributed by atoms with Crippen molar-refractivity contribution < 1.29 is 25.1 Å². The number of methoxy groups -OCH3 is 1. The number of hydrogen-bond acceptors (Lipinski definition) is 4. The standard InChI is InChI=1S/C13H18BrNO4/c1-3-4-19-13-9(14)5-8(6-11(13)18-2)10(15)7-12(16)17/h5-6,10H,3-4,7,15H2,1-2H3,(H,16,17)/t10-/m0/s1. The summed E-state index contributed by atoms with van der Waals surface area (Å²) in [5.74, 6) is 0.0555. The molecule has 6 heteroatoms. The largest absolute Gasteiger partial charge is 0.550 e. The van der Waals surface area contributed by atoms with E-state index >= 15 is 0 Å². The van der Waals surface area contributed by atoms with Crippen molar-refractivity contribution in [3.63, 3.8) is 0 Å². The second kappa shape index (κ2) is 7.35.